The lowest BCUT2D eigenvalue weighted by Crippen LogP contribution is -2.14. The number of aryl methyl sites for hydroxylation is 1. The van der Waals surface area contributed by atoms with Gasteiger partial charge in [-0.15, -0.1) is 0 Å². The summed E-state index contributed by atoms with van der Waals surface area (Å²) in [6, 6.07) is 1.62. The molecule has 0 aromatic carbocycles. The number of rotatable bonds is 2. The van der Waals surface area contributed by atoms with Crippen LogP contribution in [0, 0.1) is 0 Å². The van der Waals surface area contributed by atoms with Crippen molar-refractivity contribution in [3.63, 3.8) is 0 Å². The molecule has 15 heavy (non-hydrogen) atoms. The average molecular weight is 218 g/mol. The normalized spacial score (nSPS) is 12.2. The summed E-state index contributed by atoms with van der Waals surface area (Å²) in [4.78, 5) is 6.99. The minimum absolute atomic E-state index is 0.0283. The maximum absolute atomic E-state index is 12.4. The number of aromatic nitrogens is 2. The molecule has 1 aromatic rings. The molecule has 1 rings (SSSR count). The lowest BCUT2D eigenvalue weighted by atomic mass is 10.1. The van der Waals surface area contributed by atoms with E-state index in [9.17, 15) is 13.2 Å². The fraction of sp³-hybridized carbons (Fsp3) is 0.600. The van der Waals surface area contributed by atoms with E-state index in [1.54, 1.807) is 13.0 Å². The number of alkyl halides is 3. The van der Waals surface area contributed by atoms with Crippen LogP contribution in [0.5, 0.6) is 0 Å². The van der Waals surface area contributed by atoms with Gasteiger partial charge in [-0.3, -0.25) is 0 Å². The summed E-state index contributed by atoms with van der Waals surface area (Å²) in [7, 11) is 0. The van der Waals surface area contributed by atoms with E-state index >= 15 is 0 Å². The van der Waals surface area contributed by atoms with Crippen LogP contribution < -0.4 is 0 Å². The second-order valence-corrected chi connectivity index (χ2v) is 3.61. The van der Waals surface area contributed by atoms with Gasteiger partial charge >= 0.3 is 6.18 Å². The van der Waals surface area contributed by atoms with Gasteiger partial charge in [-0.05, 0) is 18.4 Å². The maximum atomic E-state index is 12.4. The van der Waals surface area contributed by atoms with E-state index in [0.717, 1.165) is 0 Å². The van der Waals surface area contributed by atoms with Crippen LogP contribution in [0.1, 0.15) is 43.9 Å². The molecule has 5 heteroatoms. The first-order valence-electron chi connectivity index (χ1n) is 4.79. The highest BCUT2D eigenvalue weighted by atomic mass is 19.4. The topological polar surface area (TPSA) is 25.8 Å². The first-order chi connectivity index (χ1) is 6.84. The van der Waals surface area contributed by atoms with Crippen molar-refractivity contribution >= 4 is 0 Å². The molecule has 0 unspecified atom stereocenters. The van der Waals surface area contributed by atoms with Crippen LogP contribution in [0.15, 0.2) is 6.07 Å². The van der Waals surface area contributed by atoms with E-state index in [-0.39, 0.29) is 5.92 Å². The van der Waals surface area contributed by atoms with E-state index in [1.165, 1.54) is 0 Å². The Bertz CT molecular complexity index is 345. The lowest BCUT2D eigenvalue weighted by molar-refractivity contribution is -0.145. The first-order valence-corrected chi connectivity index (χ1v) is 4.79. The van der Waals surface area contributed by atoms with Gasteiger partial charge in [0, 0.05) is 11.4 Å². The highest BCUT2D eigenvalue weighted by molar-refractivity contribution is 5.15. The molecule has 84 valence electrons. The fourth-order valence-electron chi connectivity index (χ4n) is 1.12. The Hall–Kier alpha value is -1.13. The molecular weight excluding hydrogens is 205 g/mol. The van der Waals surface area contributed by atoms with Crippen molar-refractivity contribution < 1.29 is 13.2 Å². The van der Waals surface area contributed by atoms with Crippen molar-refractivity contribution in [2.75, 3.05) is 0 Å². The highest BCUT2D eigenvalue weighted by Crippen LogP contribution is 2.27. The number of nitrogens with zero attached hydrogens (tertiary/aromatic N) is 2. The van der Waals surface area contributed by atoms with Crippen LogP contribution in [0.2, 0.25) is 0 Å². The van der Waals surface area contributed by atoms with Crippen LogP contribution in [0.4, 0.5) is 13.2 Å². The molecule has 0 aliphatic carbocycles. The third kappa shape index (κ3) is 2.91. The molecule has 0 aliphatic heterocycles. The van der Waals surface area contributed by atoms with Gasteiger partial charge in [0.05, 0.1) is 0 Å². The van der Waals surface area contributed by atoms with Crippen molar-refractivity contribution in [2.24, 2.45) is 0 Å². The average Bonchev–Trinajstić information content (AvgIpc) is 2.15. The van der Waals surface area contributed by atoms with Crippen LogP contribution in [-0.4, -0.2) is 9.97 Å². The zero-order chi connectivity index (χ0) is 11.6. The molecule has 1 heterocycles. The summed E-state index contributed by atoms with van der Waals surface area (Å²) in [5.41, 5.74) is 0.871. The van der Waals surface area contributed by atoms with Gasteiger partial charge in [0.25, 0.3) is 0 Å². The fourth-order valence-corrected chi connectivity index (χ4v) is 1.12. The predicted octanol–water partition coefficient (Wildman–Crippen LogP) is 3.18. The van der Waals surface area contributed by atoms with Gasteiger partial charge in [-0.2, -0.15) is 13.2 Å². The Morgan fingerprint density at radius 3 is 2.27 bits per heavy atom. The molecule has 1 aromatic heterocycles. The molecule has 0 aliphatic rings. The van der Waals surface area contributed by atoms with Crippen LogP contribution in [0.25, 0.3) is 0 Å². The Morgan fingerprint density at radius 2 is 1.87 bits per heavy atom. The number of halogens is 3. The van der Waals surface area contributed by atoms with E-state index in [2.05, 4.69) is 9.97 Å². The molecule has 0 saturated carbocycles. The smallest absolute Gasteiger partial charge is 0.229 e. The van der Waals surface area contributed by atoms with E-state index in [4.69, 9.17) is 0 Å². The summed E-state index contributed by atoms with van der Waals surface area (Å²) in [6.07, 6.45) is -3.99. The molecule has 0 radical (unpaired) electrons. The van der Waals surface area contributed by atoms with Crippen molar-refractivity contribution in [1.82, 2.24) is 9.97 Å². The van der Waals surface area contributed by atoms with Crippen LogP contribution in [0.3, 0.4) is 0 Å². The minimum Gasteiger partial charge on any atom is -0.229 e. The van der Waals surface area contributed by atoms with Crippen LogP contribution in [-0.2, 0) is 12.6 Å². The Labute approximate surface area is 86.6 Å². The summed E-state index contributed by atoms with van der Waals surface area (Å²) >= 11 is 0. The molecule has 0 saturated heterocycles. The first kappa shape index (κ1) is 11.9. The summed E-state index contributed by atoms with van der Waals surface area (Å²) < 4.78 is 37.3. The van der Waals surface area contributed by atoms with Crippen molar-refractivity contribution in [2.45, 2.75) is 39.3 Å². The third-order valence-corrected chi connectivity index (χ3v) is 2.01. The van der Waals surface area contributed by atoms with E-state index in [0.29, 0.717) is 17.8 Å². The third-order valence-electron chi connectivity index (χ3n) is 2.01. The second-order valence-electron chi connectivity index (χ2n) is 3.61. The quantitative estimate of drug-likeness (QED) is 0.761. The van der Waals surface area contributed by atoms with Gasteiger partial charge in [-0.1, -0.05) is 20.8 Å². The number of hydrogen-bond acceptors (Lipinski definition) is 2. The lowest BCUT2D eigenvalue weighted by Gasteiger charge is -2.11. The highest BCUT2D eigenvalue weighted by Gasteiger charge is 2.35. The zero-order valence-corrected chi connectivity index (χ0v) is 8.89. The molecule has 0 bridgehead atoms. The minimum atomic E-state index is -4.46. The molecule has 0 amide bonds. The number of hydrogen-bond donors (Lipinski definition) is 0. The molecule has 2 nitrogen and oxygen atoms in total. The van der Waals surface area contributed by atoms with Gasteiger partial charge in [0.1, 0.15) is 0 Å². The SMILES string of the molecule is CCc1cc(C(C)C)nc(C(F)(F)F)n1. The van der Waals surface area contributed by atoms with Crippen molar-refractivity contribution in [3.05, 3.63) is 23.3 Å². The zero-order valence-electron chi connectivity index (χ0n) is 8.89. The van der Waals surface area contributed by atoms with Crippen LogP contribution >= 0.6 is 0 Å². The molecule has 0 fully saturated rings. The maximum Gasteiger partial charge on any atom is 0.451 e. The Balaban J connectivity index is 3.23. The standard InChI is InChI=1S/C10H13F3N2/c1-4-7-5-8(6(2)3)15-9(14-7)10(11,12)13/h5-6H,4H2,1-3H3. The van der Waals surface area contributed by atoms with Crippen molar-refractivity contribution in [1.29, 1.82) is 0 Å². The van der Waals surface area contributed by atoms with Gasteiger partial charge in [0.15, 0.2) is 0 Å². The van der Waals surface area contributed by atoms with E-state index < -0.39 is 12.0 Å². The second kappa shape index (κ2) is 4.16. The summed E-state index contributed by atoms with van der Waals surface area (Å²) in [5, 5.41) is 0. The monoisotopic (exact) mass is 218 g/mol. The van der Waals surface area contributed by atoms with Crippen molar-refractivity contribution in [3.8, 4) is 0 Å². The Morgan fingerprint density at radius 1 is 1.27 bits per heavy atom. The largest absolute Gasteiger partial charge is 0.451 e. The van der Waals surface area contributed by atoms with Gasteiger partial charge in [0.2, 0.25) is 5.82 Å². The van der Waals surface area contributed by atoms with Gasteiger partial charge in [-0.25, -0.2) is 9.97 Å². The molecular formula is C10H13F3N2. The van der Waals surface area contributed by atoms with E-state index in [1.807, 2.05) is 13.8 Å². The molecule has 0 atom stereocenters. The Kier molecular flexibility index (Phi) is 3.31. The predicted molar refractivity (Wildman–Crippen MR) is 50.5 cm³/mol. The summed E-state index contributed by atoms with van der Waals surface area (Å²) in [6.45, 7) is 5.39. The summed E-state index contributed by atoms with van der Waals surface area (Å²) in [5.74, 6) is -1.06. The van der Waals surface area contributed by atoms with Gasteiger partial charge < -0.3 is 0 Å². The molecule has 0 N–H and O–H groups in total. The molecule has 0 spiro atoms.